The van der Waals surface area contributed by atoms with Crippen LogP contribution in [0.1, 0.15) is 27.7 Å². The monoisotopic (exact) mass is 160 g/mol. The summed E-state index contributed by atoms with van der Waals surface area (Å²) in [7, 11) is 0. The molecule has 0 heterocycles. The van der Waals surface area contributed by atoms with Crippen molar-refractivity contribution in [2.75, 3.05) is 0 Å². The van der Waals surface area contributed by atoms with Crippen molar-refractivity contribution in [3.05, 3.63) is 4.91 Å². The molecule has 0 spiro atoms. The highest BCUT2D eigenvalue weighted by atomic mass is 16.7. The van der Waals surface area contributed by atoms with E-state index in [-0.39, 0.29) is 0 Å². The van der Waals surface area contributed by atoms with E-state index in [0.717, 1.165) is 0 Å². The molecule has 0 atom stereocenters. The summed E-state index contributed by atoms with van der Waals surface area (Å²) in [5.41, 5.74) is -0.584. The molecule has 5 nitrogen and oxygen atoms in total. The lowest BCUT2D eigenvalue weighted by Gasteiger charge is -2.22. The second-order valence-corrected chi connectivity index (χ2v) is 3.08. The molecule has 1 amide bonds. The lowest BCUT2D eigenvalue weighted by atomic mass is 10.2. The molecule has 0 aliphatic carbocycles. The van der Waals surface area contributed by atoms with Gasteiger partial charge in [-0.3, -0.25) is 4.79 Å². The van der Waals surface area contributed by atoms with E-state index in [1.54, 1.807) is 20.8 Å². The molecule has 0 rings (SSSR count). The third-order valence-corrected chi connectivity index (χ3v) is 0.704. The SMILES string of the molecule is CC(=O)N(N=O)OC(C)(C)C. The Labute approximate surface area is 65.2 Å². The maximum Gasteiger partial charge on any atom is 0.269 e. The molecule has 0 aromatic heterocycles. The normalized spacial score (nSPS) is 10.9. The van der Waals surface area contributed by atoms with Crippen LogP contribution in [0.25, 0.3) is 0 Å². The fraction of sp³-hybridized carbons (Fsp3) is 0.833. The molecule has 5 heteroatoms. The molecule has 64 valence electrons. The Bertz CT molecular complexity index is 162. The quantitative estimate of drug-likeness (QED) is 0.451. The number of nitroso groups, excluding NO2 is 1. The molecule has 11 heavy (non-hydrogen) atoms. The molecule has 0 aliphatic heterocycles. The molecule has 0 fully saturated rings. The van der Waals surface area contributed by atoms with E-state index < -0.39 is 11.5 Å². The Morgan fingerprint density at radius 3 is 2.00 bits per heavy atom. The summed E-state index contributed by atoms with van der Waals surface area (Å²) in [6.07, 6.45) is 0. The lowest BCUT2D eigenvalue weighted by molar-refractivity contribution is -0.226. The number of hydrogen-bond donors (Lipinski definition) is 0. The summed E-state index contributed by atoms with van der Waals surface area (Å²) in [5.74, 6) is -0.532. The van der Waals surface area contributed by atoms with Crippen molar-refractivity contribution in [1.82, 2.24) is 5.17 Å². The van der Waals surface area contributed by atoms with Crippen LogP contribution >= 0.6 is 0 Å². The van der Waals surface area contributed by atoms with Crippen LogP contribution in [0.5, 0.6) is 0 Å². The maximum atomic E-state index is 10.6. The molecular weight excluding hydrogens is 148 g/mol. The maximum absolute atomic E-state index is 10.6. The highest BCUT2D eigenvalue weighted by Gasteiger charge is 2.19. The number of rotatable bonds is 2. The highest BCUT2D eigenvalue weighted by molar-refractivity contribution is 5.71. The minimum atomic E-state index is -0.584. The van der Waals surface area contributed by atoms with Crippen LogP contribution in [0, 0.1) is 4.91 Å². The van der Waals surface area contributed by atoms with Crippen molar-refractivity contribution < 1.29 is 9.63 Å². The van der Waals surface area contributed by atoms with Gasteiger partial charge in [0, 0.05) is 6.92 Å². The summed E-state index contributed by atoms with van der Waals surface area (Å²) < 4.78 is 0. The van der Waals surface area contributed by atoms with Crippen LogP contribution in [-0.4, -0.2) is 16.7 Å². The molecule has 0 radical (unpaired) electrons. The number of carbonyl (C=O) groups excluding carboxylic acids is 1. The molecule has 0 aromatic carbocycles. The molecule has 0 N–H and O–H groups in total. The fourth-order valence-corrected chi connectivity index (χ4v) is 0.398. The van der Waals surface area contributed by atoms with Gasteiger partial charge in [-0.2, -0.15) is 0 Å². The van der Waals surface area contributed by atoms with Gasteiger partial charge in [0.25, 0.3) is 5.91 Å². The van der Waals surface area contributed by atoms with E-state index in [1.165, 1.54) is 6.92 Å². The van der Waals surface area contributed by atoms with Crippen LogP contribution in [-0.2, 0) is 9.63 Å². The summed E-state index contributed by atoms with van der Waals surface area (Å²) >= 11 is 0. The second kappa shape index (κ2) is 3.43. The first-order valence-electron chi connectivity index (χ1n) is 3.20. The Morgan fingerprint density at radius 2 is 1.91 bits per heavy atom. The van der Waals surface area contributed by atoms with Crippen LogP contribution in [0.2, 0.25) is 0 Å². The first kappa shape index (κ1) is 10.0. The van der Waals surface area contributed by atoms with Crippen molar-refractivity contribution in [2.24, 2.45) is 5.29 Å². The number of amides is 1. The van der Waals surface area contributed by atoms with Gasteiger partial charge in [-0.1, -0.05) is 5.17 Å². The minimum Gasteiger partial charge on any atom is -0.271 e. The highest BCUT2D eigenvalue weighted by Crippen LogP contribution is 2.10. The van der Waals surface area contributed by atoms with Gasteiger partial charge in [0.2, 0.25) is 0 Å². The van der Waals surface area contributed by atoms with Crippen LogP contribution in [0.4, 0.5) is 0 Å². The Morgan fingerprint density at radius 1 is 1.45 bits per heavy atom. The van der Waals surface area contributed by atoms with E-state index >= 15 is 0 Å². The molecule has 0 bridgehead atoms. The van der Waals surface area contributed by atoms with Gasteiger partial charge in [-0.05, 0) is 20.8 Å². The average Bonchev–Trinajstić information content (AvgIpc) is 1.80. The zero-order valence-electron chi connectivity index (χ0n) is 7.12. The second-order valence-electron chi connectivity index (χ2n) is 3.08. The molecular formula is C6H12N2O3. The van der Waals surface area contributed by atoms with E-state index in [4.69, 9.17) is 4.84 Å². The topological polar surface area (TPSA) is 59.0 Å². The average molecular weight is 160 g/mol. The molecule has 0 saturated heterocycles. The predicted molar refractivity (Wildman–Crippen MR) is 39.2 cm³/mol. The summed E-state index contributed by atoms with van der Waals surface area (Å²) in [6, 6.07) is 0. The largest absolute Gasteiger partial charge is 0.271 e. The van der Waals surface area contributed by atoms with E-state index in [0.29, 0.717) is 5.17 Å². The number of nitrogens with zero attached hydrogens (tertiary/aromatic N) is 2. The first-order chi connectivity index (χ1) is 4.87. The number of carbonyl (C=O) groups is 1. The van der Waals surface area contributed by atoms with Crippen molar-refractivity contribution in [3.8, 4) is 0 Å². The van der Waals surface area contributed by atoms with Gasteiger partial charge in [-0.25, -0.2) is 4.84 Å². The standard InChI is InChI=1S/C6H12N2O3/c1-5(9)8(7-10)11-6(2,3)4/h1-4H3. The number of hydrogen-bond acceptors (Lipinski definition) is 4. The third-order valence-electron chi connectivity index (χ3n) is 0.704. The van der Waals surface area contributed by atoms with Crippen molar-refractivity contribution in [1.29, 1.82) is 0 Å². The molecule has 0 saturated carbocycles. The van der Waals surface area contributed by atoms with Crippen molar-refractivity contribution in [2.45, 2.75) is 33.3 Å². The zero-order chi connectivity index (χ0) is 9.07. The third kappa shape index (κ3) is 4.44. The first-order valence-corrected chi connectivity index (χ1v) is 3.20. The van der Waals surface area contributed by atoms with Crippen LogP contribution in [0.3, 0.4) is 0 Å². The Hall–Kier alpha value is -0.970. The predicted octanol–water partition coefficient (Wildman–Crippen LogP) is 1.25. The molecule has 0 unspecified atom stereocenters. The molecule has 0 aromatic rings. The lowest BCUT2D eigenvalue weighted by Crippen LogP contribution is -2.33. The van der Waals surface area contributed by atoms with E-state index in [2.05, 4.69) is 5.29 Å². The number of hydroxylamine groups is 1. The molecule has 0 aliphatic rings. The van der Waals surface area contributed by atoms with Gasteiger partial charge >= 0.3 is 0 Å². The zero-order valence-corrected chi connectivity index (χ0v) is 7.12. The summed E-state index contributed by atoms with van der Waals surface area (Å²) in [5, 5.41) is 2.82. The van der Waals surface area contributed by atoms with E-state index in [9.17, 15) is 9.70 Å². The van der Waals surface area contributed by atoms with Crippen molar-refractivity contribution in [3.63, 3.8) is 0 Å². The van der Waals surface area contributed by atoms with Crippen LogP contribution < -0.4 is 0 Å². The summed E-state index contributed by atoms with van der Waals surface area (Å²) in [4.78, 5) is 25.4. The van der Waals surface area contributed by atoms with Gasteiger partial charge in [0.05, 0.1) is 10.9 Å². The minimum absolute atomic E-state index is 0.431. The van der Waals surface area contributed by atoms with Crippen LogP contribution in [0.15, 0.2) is 5.29 Å². The van der Waals surface area contributed by atoms with Gasteiger partial charge in [-0.15, -0.1) is 4.91 Å². The smallest absolute Gasteiger partial charge is 0.269 e. The van der Waals surface area contributed by atoms with Crippen molar-refractivity contribution >= 4 is 5.91 Å². The van der Waals surface area contributed by atoms with E-state index in [1.807, 2.05) is 0 Å². The Kier molecular flexibility index (Phi) is 3.13. The summed E-state index contributed by atoms with van der Waals surface area (Å²) in [6.45, 7) is 6.35. The van der Waals surface area contributed by atoms with Gasteiger partial charge in [0.1, 0.15) is 0 Å². The van der Waals surface area contributed by atoms with Gasteiger partial charge in [0.15, 0.2) is 0 Å². The fourth-order valence-electron chi connectivity index (χ4n) is 0.398. The Balaban J connectivity index is 4.10. The van der Waals surface area contributed by atoms with Gasteiger partial charge < -0.3 is 0 Å².